The van der Waals surface area contributed by atoms with E-state index in [-0.39, 0.29) is 0 Å². The summed E-state index contributed by atoms with van der Waals surface area (Å²) < 4.78 is 33.1. The Bertz CT molecular complexity index is 901. The third kappa shape index (κ3) is 3.57. The van der Waals surface area contributed by atoms with E-state index in [0.29, 0.717) is 31.1 Å². The van der Waals surface area contributed by atoms with E-state index in [9.17, 15) is 8.42 Å². The fourth-order valence-corrected chi connectivity index (χ4v) is 5.07. The van der Waals surface area contributed by atoms with Gasteiger partial charge >= 0.3 is 0 Å². The summed E-state index contributed by atoms with van der Waals surface area (Å²) in [5.41, 5.74) is 4.05. The lowest BCUT2D eigenvalue weighted by Crippen LogP contribution is -2.48. The first kappa shape index (κ1) is 18.7. The van der Waals surface area contributed by atoms with Crippen LogP contribution in [0, 0.1) is 20.8 Å². The highest BCUT2D eigenvalue weighted by Gasteiger charge is 2.30. The molecule has 1 fully saturated rings. The lowest BCUT2D eigenvalue weighted by Gasteiger charge is -2.36. The zero-order valence-electron chi connectivity index (χ0n) is 15.8. The molecule has 2 aromatic rings. The van der Waals surface area contributed by atoms with E-state index < -0.39 is 10.0 Å². The Kier molecular flexibility index (Phi) is 5.25. The Balaban J connectivity index is 1.79. The third-order valence-electron chi connectivity index (χ3n) is 4.86. The van der Waals surface area contributed by atoms with Crippen LogP contribution in [0.5, 0.6) is 5.75 Å². The number of hydrogen-bond acceptors (Lipinski definition) is 4. The van der Waals surface area contributed by atoms with Gasteiger partial charge in [-0.15, -0.1) is 0 Å². The lowest BCUT2D eigenvalue weighted by molar-refractivity contribution is 0.378. The summed E-state index contributed by atoms with van der Waals surface area (Å²) >= 11 is 0. The zero-order valence-corrected chi connectivity index (χ0v) is 16.6. The molecule has 2 aromatic carbocycles. The molecule has 0 bridgehead atoms. The van der Waals surface area contributed by atoms with Crippen molar-refractivity contribution in [2.24, 2.45) is 0 Å². The van der Waals surface area contributed by atoms with Gasteiger partial charge in [0, 0.05) is 26.2 Å². The minimum absolute atomic E-state index is 0.407. The SMILES string of the molecule is COc1ccc(C)cc1N1CCN(S(=O)(=O)c2ccc(C)cc2C)CC1. The van der Waals surface area contributed by atoms with Crippen molar-refractivity contribution in [3.05, 3.63) is 53.1 Å². The molecule has 1 heterocycles. The number of aryl methyl sites for hydroxylation is 3. The van der Waals surface area contributed by atoms with Gasteiger partial charge in [-0.05, 0) is 50.1 Å². The molecule has 0 atom stereocenters. The van der Waals surface area contributed by atoms with Gasteiger partial charge in [0.2, 0.25) is 10.0 Å². The Morgan fingerprint density at radius 2 is 1.50 bits per heavy atom. The molecule has 0 unspecified atom stereocenters. The molecule has 1 saturated heterocycles. The van der Waals surface area contributed by atoms with Gasteiger partial charge in [0.1, 0.15) is 5.75 Å². The van der Waals surface area contributed by atoms with E-state index in [1.807, 2.05) is 45.0 Å². The molecule has 26 heavy (non-hydrogen) atoms. The predicted molar refractivity (Wildman–Crippen MR) is 105 cm³/mol. The van der Waals surface area contributed by atoms with Crippen molar-refractivity contribution < 1.29 is 13.2 Å². The topological polar surface area (TPSA) is 49.9 Å². The second-order valence-electron chi connectivity index (χ2n) is 6.84. The van der Waals surface area contributed by atoms with Crippen molar-refractivity contribution in [1.82, 2.24) is 4.31 Å². The van der Waals surface area contributed by atoms with Gasteiger partial charge in [0.15, 0.2) is 0 Å². The smallest absolute Gasteiger partial charge is 0.243 e. The minimum Gasteiger partial charge on any atom is -0.495 e. The fraction of sp³-hybridized carbons (Fsp3) is 0.400. The van der Waals surface area contributed by atoms with Gasteiger partial charge in [-0.2, -0.15) is 4.31 Å². The summed E-state index contributed by atoms with van der Waals surface area (Å²) in [5, 5.41) is 0. The number of piperazine rings is 1. The largest absolute Gasteiger partial charge is 0.495 e. The Morgan fingerprint density at radius 1 is 0.885 bits per heavy atom. The first-order valence-electron chi connectivity index (χ1n) is 8.80. The van der Waals surface area contributed by atoms with Gasteiger partial charge in [-0.3, -0.25) is 0 Å². The maximum absolute atomic E-state index is 13.0. The molecule has 5 nitrogen and oxygen atoms in total. The molecule has 0 amide bonds. The van der Waals surface area contributed by atoms with Gasteiger partial charge in [0.05, 0.1) is 17.7 Å². The maximum atomic E-state index is 13.0. The standard InChI is InChI=1S/C20H26N2O3S/c1-15-6-8-20(17(3)13-15)26(23,24)22-11-9-21(10-12-22)18-14-16(2)5-7-19(18)25-4/h5-8,13-14H,9-12H2,1-4H3. The van der Waals surface area contributed by atoms with Crippen LogP contribution in [0.1, 0.15) is 16.7 Å². The number of benzene rings is 2. The highest BCUT2D eigenvalue weighted by Crippen LogP contribution is 2.31. The maximum Gasteiger partial charge on any atom is 0.243 e. The molecular weight excluding hydrogens is 348 g/mol. The van der Waals surface area contributed by atoms with Crippen LogP contribution < -0.4 is 9.64 Å². The lowest BCUT2D eigenvalue weighted by atomic mass is 10.1. The summed E-state index contributed by atoms with van der Waals surface area (Å²) in [6.07, 6.45) is 0. The molecule has 0 N–H and O–H groups in total. The van der Waals surface area contributed by atoms with Gasteiger partial charge < -0.3 is 9.64 Å². The molecule has 0 aromatic heterocycles. The van der Waals surface area contributed by atoms with Crippen LogP contribution in [-0.4, -0.2) is 46.0 Å². The summed E-state index contributed by atoms with van der Waals surface area (Å²) in [7, 11) is -1.80. The Labute approximate surface area is 156 Å². The van der Waals surface area contributed by atoms with Crippen LogP contribution >= 0.6 is 0 Å². The van der Waals surface area contributed by atoms with Gasteiger partial charge in [0.25, 0.3) is 0 Å². The molecule has 1 aliphatic heterocycles. The molecule has 0 aliphatic carbocycles. The second kappa shape index (κ2) is 7.29. The van der Waals surface area contributed by atoms with Crippen LogP contribution in [0.3, 0.4) is 0 Å². The number of hydrogen-bond donors (Lipinski definition) is 0. The van der Waals surface area contributed by atoms with Crippen molar-refractivity contribution >= 4 is 15.7 Å². The van der Waals surface area contributed by atoms with Crippen LogP contribution in [0.15, 0.2) is 41.3 Å². The number of sulfonamides is 1. The van der Waals surface area contributed by atoms with Crippen molar-refractivity contribution in [1.29, 1.82) is 0 Å². The average Bonchev–Trinajstić information content (AvgIpc) is 2.61. The zero-order chi connectivity index (χ0) is 18.9. The Morgan fingerprint density at radius 3 is 2.12 bits per heavy atom. The van der Waals surface area contributed by atoms with Crippen molar-refractivity contribution in [3.8, 4) is 5.75 Å². The van der Waals surface area contributed by atoms with Crippen LogP contribution in [0.2, 0.25) is 0 Å². The van der Waals surface area contributed by atoms with Crippen LogP contribution in [0.4, 0.5) is 5.69 Å². The highest BCUT2D eigenvalue weighted by atomic mass is 32.2. The Hall–Kier alpha value is -2.05. The average molecular weight is 375 g/mol. The quantitative estimate of drug-likeness (QED) is 0.825. The highest BCUT2D eigenvalue weighted by molar-refractivity contribution is 7.89. The van der Waals surface area contributed by atoms with Crippen molar-refractivity contribution in [3.63, 3.8) is 0 Å². The molecule has 1 aliphatic rings. The van der Waals surface area contributed by atoms with Gasteiger partial charge in [-0.25, -0.2) is 8.42 Å². The first-order valence-corrected chi connectivity index (χ1v) is 10.2. The second-order valence-corrected chi connectivity index (χ2v) is 8.74. The molecule has 6 heteroatoms. The van der Waals surface area contributed by atoms with E-state index in [4.69, 9.17) is 4.74 Å². The first-order chi connectivity index (χ1) is 12.3. The molecule has 0 spiro atoms. The monoisotopic (exact) mass is 374 g/mol. The number of methoxy groups -OCH3 is 1. The fourth-order valence-electron chi connectivity index (χ4n) is 3.44. The summed E-state index contributed by atoms with van der Waals surface area (Å²) in [4.78, 5) is 2.60. The van der Waals surface area contributed by atoms with Crippen molar-refractivity contribution in [2.75, 3.05) is 38.2 Å². The summed E-state index contributed by atoms with van der Waals surface area (Å²) in [6.45, 7) is 8.09. The molecule has 140 valence electrons. The van der Waals surface area contributed by atoms with E-state index in [1.54, 1.807) is 17.5 Å². The van der Waals surface area contributed by atoms with Crippen molar-refractivity contribution in [2.45, 2.75) is 25.7 Å². The van der Waals surface area contributed by atoms with Crippen LogP contribution in [0.25, 0.3) is 0 Å². The number of ether oxygens (including phenoxy) is 1. The predicted octanol–water partition coefficient (Wildman–Crippen LogP) is 3.13. The number of anilines is 1. The summed E-state index contributed by atoms with van der Waals surface area (Å²) in [6, 6.07) is 11.6. The third-order valence-corrected chi connectivity index (χ3v) is 6.92. The van der Waals surface area contributed by atoms with E-state index in [2.05, 4.69) is 11.0 Å². The number of nitrogens with zero attached hydrogens (tertiary/aromatic N) is 2. The van der Waals surface area contributed by atoms with Gasteiger partial charge in [-0.1, -0.05) is 23.8 Å². The molecule has 0 radical (unpaired) electrons. The molecule has 0 saturated carbocycles. The van der Waals surface area contributed by atoms with E-state index in [0.717, 1.165) is 28.1 Å². The van der Waals surface area contributed by atoms with E-state index >= 15 is 0 Å². The molecule has 3 rings (SSSR count). The number of rotatable bonds is 4. The normalized spacial score (nSPS) is 15.9. The van der Waals surface area contributed by atoms with Crippen LogP contribution in [-0.2, 0) is 10.0 Å². The van der Waals surface area contributed by atoms with E-state index in [1.165, 1.54) is 0 Å². The minimum atomic E-state index is -3.46. The summed E-state index contributed by atoms with van der Waals surface area (Å²) in [5.74, 6) is 0.821. The molecular formula is C20H26N2O3S.